The van der Waals surface area contributed by atoms with Gasteiger partial charge in [-0.3, -0.25) is 0 Å². The molecule has 0 saturated carbocycles. The monoisotopic (exact) mass is 223 g/mol. The number of rotatable bonds is 4. The topological polar surface area (TPSA) is 28.2 Å². The Morgan fingerprint density at radius 1 is 1.44 bits per heavy atom. The lowest BCUT2D eigenvalue weighted by molar-refractivity contribution is 0.327. The van der Waals surface area contributed by atoms with E-state index in [0.717, 1.165) is 12.4 Å². The Labute approximate surface area is 95.7 Å². The molecular formula is C12H18FN3. The average molecular weight is 223 g/mol. The molecule has 4 heteroatoms. The molecule has 0 radical (unpaired) electrons. The van der Waals surface area contributed by atoms with Crippen molar-refractivity contribution in [2.75, 3.05) is 25.0 Å². The minimum Gasteiger partial charge on any atom is -0.366 e. The van der Waals surface area contributed by atoms with Gasteiger partial charge in [0, 0.05) is 12.6 Å². The predicted octanol–water partition coefficient (Wildman–Crippen LogP) is 2.12. The number of aromatic nitrogens is 1. The third-order valence-electron chi connectivity index (χ3n) is 2.85. The van der Waals surface area contributed by atoms with Crippen LogP contribution in [0.3, 0.4) is 0 Å². The molecule has 1 unspecified atom stereocenters. The van der Waals surface area contributed by atoms with Crippen LogP contribution in [-0.2, 0) is 0 Å². The van der Waals surface area contributed by atoms with Crippen LogP contribution in [0, 0.1) is 5.82 Å². The summed E-state index contributed by atoms with van der Waals surface area (Å²) in [4.78, 5) is 6.43. The maximum Gasteiger partial charge on any atom is 0.141 e. The molecule has 2 heterocycles. The Hall–Kier alpha value is -1.16. The number of hydrogen-bond donors (Lipinski definition) is 1. The smallest absolute Gasteiger partial charge is 0.141 e. The van der Waals surface area contributed by atoms with Gasteiger partial charge in [0.15, 0.2) is 0 Å². The van der Waals surface area contributed by atoms with E-state index < -0.39 is 0 Å². The molecular weight excluding hydrogens is 205 g/mol. The molecule has 1 saturated heterocycles. The Balaban J connectivity index is 1.81. The van der Waals surface area contributed by atoms with Gasteiger partial charge in [0.25, 0.3) is 0 Å². The number of nitrogens with one attached hydrogen (secondary N) is 1. The molecule has 2 rings (SSSR count). The van der Waals surface area contributed by atoms with Crippen LogP contribution in [0.15, 0.2) is 18.3 Å². The lowest BCUT2D eigenvalue weighted by atomic mass is 10.3. The van der Waals surface area contributed by atoms with Crippen LogP contribution >= 0.6 is 0 Å². The van der Waals surface area contributed by atoms with Gasteiger partial charge in [-0.05, 0) is 45.0 Å². The van der Waals surface area contributed by atoms with E-state index >= 15 is 0 Å². The Bertz CT molecular complexity index is 320. The van der Waals surface area contributed by atoms with Crippen LogP contribution in [0.2, 0.25) is 0 Å². The highest BCUT2D eigenvalue weighted by molar-refractivity contribution is 5.34. The largest absolute Gasteiger partial charge is 0.366 e. The predicted molar refractivity (Wildman–Crippen MR) is 63.0 cm³/mol. The van der Waals surface area contributed by atoms with Crippen LogP contribution in [0.25, 0.3) is 0 Å². The molecule has 1 aliphatic rings. The summed E-state index contributed by atoms with van der Waals surface area (Å²) in [5, 5.41) is 3.28. The molecule has 3 nitrogen and oxygen atoms in total. The average Bonchev–Trinajstić information content (AvgIpc) is 2.74. The fourth-order valence-electron chi connectivity index (χ4n) is 2.11. The minimum atomic E-state index is -0.294. The zero-order valence-corrected chi connectivity index (χ0v) is 9.62. The first-order valence-electron chi connectivity index (χ1n) is 5.84. The van der Waals surface area contributed by atoms with E-state index in [9.17, 15) is 4.39 Å². The molecule has 1 aromatic rings. The first kappa shape index (κ1) is 11.3. The Kier molecular flexibility index (Phi) is 3.72. The van der Waals surface area contributed by atoms with Crippen molar-refractivity contribution in [3.63, 3.8) is 0 Å². The van der Waals surface area contributed by atoms with Gasteiger partial charge in [-0.25, -0.2) is 9.37 Å². The summed E-state index contributed by atoms with van der Waals surface area (Å²) >= 11 is 0. The van der Waals surface area contributed by atoms with Crippen molar-refractivity contribution in [3.8, 4) is 0 Å². The van der Waals surface area contributed by atoms with E-state index in [2.05, 4.69) is 22.1 Å². The normalized spacial score (nSPS) is 18.6. The molecule has 0 aliphatic carbocycles. The molecule has 88 valence electrons. The summed E-state index contributed by atoms with van der Waals surface area (Å²) in [6, 6.07) is 3.45. The Morgan fingerprint density at radius 3 is 2.81 bits per heavy atom. The van der Waals surface area contributed by atoms with E-state index in [1.807, 2.05) is 0 Å². The van der Waals surface area contributed by atoms with Gasteiger partial charge < -0.3 is 10.2 Å². The van der Waals surface area contributed by atoms with Gasteiger partial charge in [0.2, 0.25) is 0 Å². The van der Waals surface area contributed by atoms with Crippen molar-refractivity contribution in [2.24, 2.45) is 0 Å². The molecule has 0 spiro atoms. The van der Waals surface area contributed by atoms with Crippen molar-refractivity contribution >= 4 is 5.82 Å². The second kappa shape index (κ2) is 5.25. The molecule has 0 amide bonds. The summed E-state index contributed by atoms with van der Waals surface area (Å²) in [5.74, 6) is 0.450. The van der Waals surface area contributed by atoms with E-state index in [4.69, 9.17) is 0 Å². The number of likely N-dealkylation sites (tertiary alicyclic amines) is 1. The molecule has 0 bridgehead atoms. The fourth-order valence-corrected chi connectivity index (χ4v) is 2.11. The van der Waals surface area contributed by atoms with Crippen molar-refractivity contribution in [3.05, 3.63) is 24.1 Å². The third-order valence-corrected chi connectivity index (χ3v) is 2.85. The molecule has 0 aromatic carbocycles. The molecule has 1 aliphatic heterocycles. The first-order chi connectivity index (χ1) is 7.74. The number of halogens is 1. The zero-order valence-electron chi connectivity index (χ0n) is 9.62. The summed E-state index contributed by atoms with van der Waals surface area (Å²) in [5.41, 5.74) is 0. The van der Waals surface area contributed by atoms with E-state index in [1.165, 1.54) is 38.2 Å². The van der Waals surface area contributed by atoms with Crippen molar-refractivity contribution in [1.82, 2.24) is 9.88 Å². The van der Waals surface area contributed by atoms with Crippen LogP contribution in [0.4, 0.5) is 10.2 Å². The molecule has 1 atom stereocenters. The van der Waals surface area contributed by atoms with Crippen LogP contribution in [-0.4, -0.2) is 35.6 Å². The lowest BCUT2D eigenvalue weighted by Crippen LogP contribution is -2.33. The highest BCUT2D eigenvalue weighted by Crippen LogP contribution is 2.10. The van der Waals surface area contributed by atoms with E-state index in [0.29, 0.717) is 6.04 Å². The summed E-state index contributed by atoms with van der Waals surface area (Å²) in [6.45, 7) is 5.55. The van der Waals surface area contributed by atoms with E-state index in [1.54, 1.807) is 6.07 Å². The van der Waals surface area contributed by atoms with Gasteiger partial charge in [0.05, 0.1) is 6.20 Å². The zero-order chi connectivity index (χ0) is 11.4. The highest BCUT2D eigenvalue weighted by atomic mass is 19.1. The van der Waals surface area contributed by atoms with Crippen molar-refractivity contribution in [1.29, 1.82) is 0 Å². The summed E-state index contributed by atoms with van der Waals surface area (Å²) in [7, 11) is 0. The van der Waals surface area contributed by atoms with Gasteiger partial charge in [-0.1, -0.05) is 0 Å². The van der Waals surface area contributed by atoms with Crippen molar-refractivity contribution < 1.29 is 4.39 Å². The summed E-state index contributed by atoms with van der Waals surface area (Å²) < 4.78 is 12.7. The maximum absolute atomic E-state index is 12.7. The number of pyridine rings is 1. The highest BCUT2D eigenvalue weighted by Gasteiger charge is 2.14. The van der Waals surface area contributed by atoms with Gasteiger partial charge >= 0.3 is 0 Å². The summed E-state index contributed by atoms with van der Waals surface area (Å²) in [6.07, 6.45) is 3.86. The maximum atomic E-state index is 12.7. The quantitative estimate of drug-likeness (QED) is 0.847. The minimum absolute atomic E-state index is 0.294. The molecule has 1 fully saturated rings. The van der Waals surface area contributed by atoms with Gasteiger partial charge in [0.1, 0.15) is 11.6 Å². The van der Waals surface area contributed by atoms with Crippen LogP contribution < -0.4 is 5.32 Å². The van der Waals surface area contributed by atoms with Gasteiger partial charge in [-0.2, -0.15) is 0 Å². The molecule has 1 aromatic heterocycles. The number of hydrogen-bond acceptors (Lipinski definition) is 3. The number of anilines is 1. The molecule has 1 N–H and O–H groups in total. The molecule has 16 heavy (non-hydrogen) atoms. The first-order valence-corrected chi connectivity index (χ1v) is 5.84. The second-order valence-corrected chi connectivity index (χ2v) is 4.41. The van der Waals surface area contributed by atoms with E-state index in [-0.39, 0.29) is 5.82 Å². The lowest BCUT2D eigenvalue weighted by Gasteiger charge is -2.21. The fraction of sp³-hybridized carbons (Fsp3) is 0.583. The van der Waals surface area contributed by atoms with Crippen LogP contribution in [0.5, 0.6) is 0 Å². The van der Waals surface area contributed by atoms with Gasteiger partial charge in [-0.15, -0.1) is 0 Å². The Morgan fingerprint density at radius 2 is 2.19 bits per heavy atom. The second-order valence-electron chi connectivity index (χ2n) is 4.41. The SMILES string of the molecule is CC(CN1CCCC1)Nc1ccc(F)cn1. The number of nitrogens with zero attached hydrogens (tertiary/aromatic N) is 2. The van der Waals surface area contributed by atoms with Crippen LogP contribution in [0.1, 0.15) is 19.8 Å². The third kappa shape index (κ3) is 3.17. The van der Waals surface area contributed by atoms with Crippen molar-refractivity contribution in [2.45, 2.75) is 25.8 Å². The standard InChI is InChI=1S/C12H18FN3/c1-10(9-16-6-2-3-7-16)15-12-5-4-11(13)8-14-12/h4-5,8,10H,2-3,6-7,9H2,1H3,(H,14,15).